The molecule has 0 saturated carbocycles. The number of nitrogens with zero attached hydrogens (tertiary/aromatic N) is 1. The van der Waals surface area contributed by atoms with Gasteiger partial charge in [-0.05, 0) is 54.6 Å². The zero-order chi connectivity index (χ0) is 19.2. The summed E-state index contributed by atoms with van der Waals surface area (Å²) in [5.41, 5.74) is 5.87. The Morgan fingerprint density at radius 2 is 1.36 bits per heavy atom. The lowest BCUT2D eigenvalue weighted by atomic mass is 10.0. The molecule has 28 heavy (non-hydrogen) atoms. The molecule has 134 valence electrons. The van der Waals surface area contributed by atoms with Crippen molar-refractivity contribution in [3.05, 3.63) is 108 Å². The Bertz CT molecular complexity index is 1140. The third-order valence-corrected chi connectivity index (χ3v) is 4.45. The maximum absolute atomic E-state index is 5.24. The van der Waals surface area contributed by atoms with E-state index in [2.05, 4.69) is 17.9 Å². The number of rotatable bonds is 3. The highest BCUT2D eigenvalue weighted by atomic mass is 16.5. The SMILES string of the molecule is COc1ccc(-c2cccc(-c3ccccc3C#Cc3ccccc3)n2)cc1. The molecular formula is C26H19NO. The van der Waals surface area contributed by atoms with Gasteiger partial charge in [0, 0.05) is 22.3 Å². The fraction of sp³-hybridized carbons (Fsp3) is 0.0385. The van der Waals surface area contributed by atoms with Gasteiger partial charge in [-0.2, -0.15) is 0 Å². The van der Waals surface area contributed by atoms with E-state index in [1.807, 2.05) is 91.0 Å². The van der Waals surface area contributed by atoms with E-state index in [-0.39, 0.29) is 0 Å². The minimum atomic E-state index is 0.835. The minimum Gasteiger partial charge on any atom is -0.497 e. The number of hydrogen-bond donors (Lipinski definition) is 0. The average molecular weight is 361 g/mol. The molecule has 0 atom stereocenters. The molecule has 0 spiro atoms. The predicted octanol–water partition coefficient (Wildman–Crippen LogP) is 5.82. The number of pyridine rings is 1. The quantitative estimate of drug-likeness (QED) is 0.429. The third-order valence-electron chi connectivity index (χ3n) is 4.45. The van der Waals surface area contributed by atoms with Crippen LogP contribution in [-0.4, -0.2) is 12.1 Å². The summed E-state index contributed by atoms with van der Waals surface area (Å²) in [6, 6.07) is 32.1. The van der Waals surface area contributed by atoms with Crippen molar-refractivity contribution in [3.63, 3.8) is 0 Å². The molecular weight excluding hydrogens is 342 g/mol. The Labute approximate surface area is 165 Å². The summed E-state index contributed by atoms with van der Waals surface area (Å²) in [5.74, 6) is 7.37. The molecule has 0 bridgehead atoms. The van der Waals surface area contributed by atoms with Crippen molar-refractivity contribution in [2.24, 2.45) is 0 Å². The van der Waals surface area contributed by atoms with E-state index in [1.54, 1.807) is 7.11 Å². The van der Waals surface area contributed by atoms with E-state index in [0.717, 1.165) is 39.4 Å². The lowest BCUT2D eigenvalue weighted by molar-refractivity contribution is 0.415. The van der Waals surface area contributed by atoms with Gasteiger partial charge in [-0.15, -0.1) is 0 Å². The number of aromatic nitrogens is 1. The summed E-state index contributed by atoms with van der Waals surface area (Å²) in [6.07, 6.45) is 0. The van der Waals surface area contributed by atoms with Gasteiger partial charge >= 0.3 is 0 Å². The molecule has 3 aromatic carbocycles. The van der Waals surface area contributed by atoms with Crippen molar-refractivity contribution in [1.29, 1.82) is 0 Å². The van der Waals surface area contributed by atoms with Gasteiger partial charge < -0.3 is 4.74 Å². The van der Waals surface area contributed by atoms with Crippen molar-refractivity contribution in [1.82, 2.24) is 4.98 Å². The summed E-state index contributed by atoms with van der Waals surface area (Å²) in [7, 11) is 1.67. The minimum absolute atomic E-state index is 0.835. The van der Waals surface area contributed by atoms with Crippen LogP contribution in [-0.2, 0) is 0 Å². The molecule has 0 aliphatic rings. The highest BCUT2D eigenvalue weighted by Crippen LogP contribution is 2.26. The molecule has 2 heteroatoms. The van der Waals surface area contributed by atoms with Crippen LogP contribution in [0.3, 0.4) is 0 Å². The molecule has 0 aliphatic heterocycles. The number of hydrogen-bond acceptors (Lipinski definition) is 2. The highest BCUT2D eigenvalue weighted by molar-refractivity contribution is 5.71. The topological polar surface area (TPSA) is 22.1 Å². The second-order valence-corrected chi connectivity index (χ2v) is 6.30. The van der Waals surface area contributed by atoms with Gasteiger partial charge in [0.25, 0.3) is 0 Å². The molecule has 0 fully saturated rings. The zero-order valence-corrected chi connectivity index (χ0v) is 15.6. The Morgan fingerprint density at radius 1 is 0.643 bits per heavy atom. The van der Waals surface area contributed by atoms with Crippen molar-refractivity contribution in [3.8, 4) is 40.1 Å². The molecule has 0 amide bonds. The van der Waals surface area contributed by atoms with Crippen LogP contribution < -0.4 is 4.74 Å². The summed E-state index contributed by atoms with van der Waals surface area (Å²) in [5, 5.41) is 0. The van der Waals surface area contributed by atoms with Gasteiger partial charge in [-0.3, -0.25) is 0 Å². The van der Waals surface area contributed by atoms with E-state index in [1.165, 1.54) is 0 Å². The standard InChI is InChI=1S/C26H19NO/c1-28-23-18-16-22(17-19-23)25-12-7-13-26(27-25)24-11-6-5-10-21(24)15-14-20-8-3-2-4-9-20/h2-13,16-19H,1H3. The van der Waals surface area contributed by atoms with Gasteiger partial charge in [0.15, 0.2) is 0 Å². The molecule has 1 heterocycles. The molecule has 4 rings (SSSR count). The Balaban J connectivity index is 1.71. The molecule has 0 radical (unpaired) electrons. The molecule has 2 nitrogen and oxygen atoms in total. The van der Waals surface area contributed by atoms with Gasteiger partial charge in [0.1, 0.15) is 5.75 Å². The first-order valence-corrected chi connectivity index (χ1v) is 9.11. The van der Waals surface area contributed by atoms with Crippen LogP contribution in [0.15, 0.2) is 97.1 Å². The van der Waals surface area contributed by atoms with E-state index in [9.17, 15) is 0 Å². The summed E-state index contributed by atoms with van der Waals surface area (Å²) in [6.45, 7) is 0. The predicted molar refractivity (Wildman–Crippen MR) is 114 cm³/mol. The van der Waals surface area contributed by atoms with Gasteiger partial charge in [0.05, 0.1) is 18.5 Å². The van der Waals surface area contributed by atoms with Crippen LogP contribution in [0.25, 0.3) is 22.5 Å². The fourth-order valence-corrected chi connectivity index (χ4v) is 2.98. The lowest BCUT2D eigenvalue weighted by Gasteiger charge is -2.08. The van der Waals surface area contributed by atoms with Crippen LogP contribution in [0.4, 0.5) is 0 Å². The smallest absolute Gasteiger partial charge is 0.118 e. The van der Waals surface area contributed by atoms with Crippen LogP contribution >= 0.6 is 0 Å². The normalized spacial score (nSPS) is 10.0. The summed E-state index contributed by atoms with van der Waals surface area (Å²) < 4.78 is 5.24. The molecule has 1 aromatic heterocycles. The largest absolute Gasteiger partial charge is 0.497 e. The van der Waals surface area contributed by atoms with Crippen molar-refractivity contribution < 1.29 is 4.74 Å². The van der Waals surface area contributed by atoms with Gasteiger partial charge in [0.2, 0.25) is 0 Å². The first-order chi connectivity index (χ1) is 13.8. The second-order valence-electron chi connectivity index (χ2n) is 6.30. The molecule has 0 saturated heterocycles. The molecule has 0 N–H and O–H groups in total. The summed E-state index contributed by atoms with van der Waals surface area (Å²) >= 11 is 0. The number of ether oxygens (including phenoxy) is 1. The monoisotopic (exact) mass is 361 g/mol. The molecule has 4 aromatic rings. The average Bonchev–Trinajstić information content (AvgIpc) is 2.79. The van der Waals surface area contributed by atoms with Crippen molar-refractivity contribution >= 4 is 0 Å². The van der Waals surface area contributed by atoms with Crippen LogP contribution in [0.2, 0.25) is 0 Å². The Hall–Kier alpha value is -3.83. The zero-order valence-electron chi connectivity index (χ0n) is 15.6. The van der Waals surface area contributed by atoms with E-state index in [0.29, 0.717) is 0 Å². The fourth-order valence-electron chi connectivity index (χ4n) is 2.98. The third kappa shape index (κ3) is 3.95. The highest BCUT2D eigenvalue weighted by Gasteiger charge is 2.07. The summed E-state index contributed by atoms with van der Waals surface area (Å²) in [4.78, 5) is 4.88. The van der Waals surface area contributed by atoms with Gasteiger partial charge in [-0.25, -0.2) is 4.98 Å². The number of benzene rings is 3. The van der Waals surface area contributed by atoms with E-state index < -0.39 is 0 Å². The van der Waals surface area contributed by atoms with E-state index in [4.69, 9.17) is 9.72 Å². The Kier molecular flexibility index (Phi) is 5.17. The van der Waals surface area contributed by atoms with Crippen molar-refractivity contribution in [2.75, 3.05) is 7.11 Å². The van der Waals surface area contributed by atoms with Crippen molar-refractivity contribution in [2.45, 2.75) is 0 Å². The van der Waals surface area contributed by atoms with Crippen LogP contribution in [0.5, 0.6) is 5.75 Å². The molecule has 0 unspecified atom stereocenters. The maximum atomic E-state index is 5.24. The van der Waals surface area contributed by atoms with E-state index >= 15 is 0 Å². The van der Waals surface area contributed by atoms with Crippen LogP contribution in [0, 0.1) is 11.8 Å². The van der Waals surface area contributed by atoms with Crippen LogP contribution in [0.1, 0.15) is 11.1 Å². The Morgan fingerprint density at radius 3 is 2.14 bits per heavy atom. The van der Waals surface area contributed by atoms with Gasteiger partial charge in [-0.1, -0.05) is 54.3 Å². The first kappa shape index (κ1) is 17.6. The number of methoxy groups -OCH3 is 1. The second kappa shape index (κ2) is 8.24. The lowest BCUT2D eigenvalue weighted by Crippen LogP contribution is -1.91. The molecule has 0 aliphatic carbocycles. The first-order valence-electron chi connectivity index (χ1n) is 9.11. The maximum Gasteiger partial charge on any atom is 0.118 e.